The van der Waals surface area contributed by atoms with Crippen LogP contribution in [0.3, 0.4) is 0 Å². The van der Waals surface area contributed by atoms with Crippen LogP contribution in [-0.2, 0) is 0 Å². The van der Waals surface area contributed by atoms with Gasteiger partial charge in [-0.25, -0.2) is 4.98 Å². The number of pyridine rings is 1. The number of nitrogens with one attached hydrogen (secondary N) is 2. The Labute approximate surface area is 112 Å². The number of hydrogen-bond donors (Lipinski definition) is 2. The van der Waals surface area contributed by atoms with E-state index < -0.39 is 4.92 Å². The van der Waals surface area contributed by atoms with E-state index in [0.717, 1.165) is 18.9 Å². The first kappa shape index (κ1) is 13.6. The topological polar surface area (TPSA) is 80.1 Å². The molecular formula is C13H20N4O2. The van der Waals surface area contributed by atoms with E-state index >= 15 is 0 Å². The van der Waals surface area contributed by atoms with Gasteiger partial charge >= 0.3 is 5.69 Å². The van der Waals surface area contributed by atoms with Gasteiger partial charge in [-0.1, -0.05) is 25.7 Å². The van der Waals surface area contributed by atoms with E-state index in [4.69, 9.17) is 0 Å². The Morgan fingerprint density at radius 1 is 1.42 bits per heavy atom. The minimum absolute atomic E-state index is 0.0328. The van der Waals surface area contributed by atoms with Crippen LogP contribution < -0.4 is 10.6 Å². The fourth-order valence-corrected chi connectivity index (χ4v) is 2.56. The second-order valence-electron chi connectivity index (χ2n) is 4.94. The average Bonchev–Trinajstić information content (AvgIpc) is 2.91. The predicted octanol–water partition coefficient (Wildman–Crippen LogP) is 3.02. The Balaban J connectivity index is 1.98. The Kier molecular flexibility index (Phi) is 4.54. The van der Waals surface area contributed by atoms with Crippen molar-refractivity contribution in [1.29, 1.82) is 0 Å². The fourth-order valence-electron chi connectivity index (χ4n) is 2.56. The van der Waals surface area contributed by atoms with Crippen molar-refractivity contribution >= 4 is 17.3 Å². The van der Waals surface area contributed by atoms with Crippen LogP contribution in [0.25, 0.3) is 0 Å². The number of hydrogen-bond acceptors (Lipinski definition) is 5. The summed E-state index contributed by atoms with van der Waals surface area (Å²) >= 11 is 0. The molecule has 0 aromatic carbocycles. The van der Waals surface area contributed by atoms with E-state index in [1.54, 1.807) is 13.1 Å². The van der Waals surface area contributed by atoms with Crippen molar-refractivity contribution in [2.45, 2.75) is 32.1 Å². The highest BCUT2D eigenvalue weighted by Gasteiger charge is 2.17. The Bertz CT molecular complexity index is 444. The second-order valence-corrected chi connectivity index (χ2v) is 4.94. The Morgan fingerprint density at radius 2 is 2.16 bits per heavy atom. The molecule has 6 heteroatoms. The van der Waals surface area contributed by atoms with Gasteiger partial charge in [0.15, 0.2) is 0 Å². The number of nitro groups is 1. The van der Waals surface area contributed by atoms with Crippen LogP contribution in [0.15, 0.2) is 12.1 Å². The molecule has 6 nitrogen and oxygen atoms in total. The van der Waals surface area contributed by atoms with E-state index in [0.29, 0.717) is 11.6 Å². The molecule has 0 bridgehead atoms. The third-order valence-electron chi connectivity index (χ3n) is 3.65. The Hall–Kier alpha value is -1.85. The first-order valence-corrected chi connectivity index (χ1v) is 6.77. The minimum Gasteiger partial charge on any atom is -0.373 e. The number of nitrogens with zero attached hydrogens (tertiary/aromatic N) is 2. The molecule has 0 atom stereocenters. The summed E-state index contributed by atoms with van der Waals surface area (Å²) in [5.74, 6) is 1.75. The lowest BCUT2D eigenvalue weighted by Crippen LogP contribution is -2.10. The van der Waals surface area contributed by atoms with Crippen molar-refractivity contribution < 1.29 is 4.92 Å². The average molecular weight is 264 g/mol. The zero-order chi connectivity index (χ0) is 13.7. The van der Waals surface area contributed by atoms with Gasteiger partial charge in [0, 0.05) is 19.7 Å². The molecule has 1 aromatic rings. The first-order chi connectivity index (χ1) is 9.20. The van der Waals surface area contributed by atoms with Crippen molar-refractivity contribution in [3.63, 3.8) is 0 Å². The van der Waals surface area contributed by atoms with Gasteiger partial charge in [0.25, 0.3) is 0 Å². The van der Waals surface area contributed by atoms with E-state index in [2.05, 4.69) is 15.6 Å². The first-order valence-electron chi connectivity index (χ1n) is 6.77. The van der Waals surface area contributed by atoms with Crippen molar-refractivity contribution in [1.82, 2.24) is 4.98 Å². The Morgan fingerprint density at radius 3 is 2.79 bits per heavy atom. The van der Waals surface area contributed by atoms with Gasteiger partial charge in [-0.2, -0.15) is 0 Å². The molecule has 1 saturated carbocycles. The summed E-state index contributed by atoms with van der Waals surface area (Å²) in [5, 5.41) is 16.9. The van der Waals surface area contributed by atoms with E-state index in [9.17, 15) is 10.1 Å². The van der Waals surface area contributed by atoms with Gasteiger partial charge < -0.3 is 10.6 Å². The van der Waals surface area contributed by atoms with Crippen LogP contribution in [0.2, 0.25) is 0 Å². The van der Waals surface area contributed by atoms with Gasteiger partial charge in [-0.15, -0.1) is 0 Å². The molecule has 0 spiro atoms. The molecule has 1 heterocycles. The zero-order valence-corrected chi connectivity index (χ0v) is 11.2. The van der Waals surface area contributed by atoms with Crippen LogP contribution in [0.1, 0.15) is 32.1 Å². The summed E-state index contributed by atoms with van der Waals surface area (Å²) in [6.07, 6.45) is 6.26. The maximum absolute atomic E-state index is 10.9. The summed E-state index contributed by atoms with van der Waals surface area (Å²) in [7, 11) is 1.75. The lowest BCUT2D eigenvalue weighted by atomic mass is 10.0. The highest BCUT2D eigenvalue weighted by molar-refractivity contribution is 5.60. The van der Waals surface area contributed by atoms with Crippen LogP contribution in [-0.4, -0.2) is 23.5 Å². The lowest BCUT2D eigenvalue weighted by molar-refractivity contribution is -0.384. The van der Waals surface area contributed by atoms with Crippen LogP contribution >= 0.6 is 0 Å². The monoisotopic (exact) mass is 264 g/mol. The molecular weight excluding hydrogens is 244 g/mol. The zero-order valence-electron chi connectivity index (χ0n) is 11.2. The van der Waals surface area contributed by atoms with Crippen molar-refractivity contribution in [2.75, 3.05) is 24.2 Å². The highest BCUT2D eigenvalue weighted by atomic mass is 16.6. The molecule has 1 fully saturated rings. The van der Waals surface area contributed by atoms with Crippen molar-refractivity contribution in [3.8, 4) is 0 Å². The largest absolute Gasteiger partial charge is 0.373 e. The number of anilines is 2. The standard InChI is InChI=1S/C13H20N4O2/c1-14-12-7-6-11(17(18)19)13(16-12)15-9-8-10-4-2-3-5-10/h6-7,10H,2-5,8-9H2,1H3,(H2,14,15,16). The lowest BCUT2D eigenvalue weighted by Gasteiger charge is -2.11. The third kappa shape index (κ3) is 3.56. The van der Waals surface area contributed by atoms with Gasteiger partial charge in [0.1, 0.15) is 5.82 Å². The smallest absolute Gasteiger partial charge is 0.311 e. The number of rotatable bonds is 6. The summed E-state index contributed by atoms with van der Waals surface area (Å²) < 4.78 is 0. The molecule has 0 amide bonds. The normalized spacial score (nSPS) is 15.4. The molecule has 0 unspecified atom stereocenters. The molecule has 0 saturated heterocycles. The third-order valence-corrected chi connectivity index (χ3v) is 3.65. The quantitative estimate of drug-likeness (QED) is 0.609. The van der Waals surface area contributed by atoms with E-state index in [1.807, 2.05) is 0 Å². The number of aromatic nitrogens is 1. The van der Waals surface area contributed by atoms with E-state index in [1.165, 1.54) is 31.7 Å². The minimum atomic E-state index is -0.398. The fraction of sp³-hybridized carbons (Fsp3) is 0.615. The summed E-state index contributed by atoms with van der Waals surface area (Å²) in [5.41, 5.74) is 0.0328. The van der Waals surface area contributed by atoms with Gasteiger partial charge in [-0.05, 0) is 18.4 Å². The predicted molar refractivity (Wildman–Crippen MR) is 75.5 cm³/mol. The SMILES string of the molecule is CNc1ccc([N+](=O)[O-])c(NCCC2CCCC2)n1. The van der Waals surface area contributed by atoms with Crippen LogP contribution in [0.4, 0.5) is 17.3 Å². The molecule has 104 valence electrons. The van der Waals surface area contributed by atoms with Crippen molar-refractivity contribution in [3.05, 3.63) is 22.2 Å². The van der Waals surface area contributed by atoms with Crippen LogP contribution in [0, 0.1) is 16.0 Å². The molecule has 0 aliphatic heterocycles. The summed E-state index contributed by atoms with van der Waals surface area (Å²) in [4.78, 5) is 14.8. The van der Waals surface area contributed by atoms with Gasteiger partial charge in [0.05, 0.1) is 4.92 Å². The molecule has 0 radical (unpaired) electrons. The molecule has 1 aromatic heterocycles. The van der Waals surface area contributed by atoms with Gasteiger partial charge in [-0.3, -0.25) is 10.1 Å². The molecule has 2 rings (SSSR count). The van der Waals surface area contributed by atoms with Gasteiger partial charge in [0.2, 0.25) is 5.82 Å². The second kappa shape index (κ2) is 6.36. The highest BCUT2D eigenvalue weighted by Crippen LogP contribution is 2.28. The molecule has 1 aliphatic rings. The molecule has 2 N–H and O–H groups in total. The van der Waals surface area contributed by atoms with Crippen molar-refractivity contribution in [2.24, 2.45) is 5.92 Å². The van der Waals surface area contributed by atoms with E-state index in [-0.39, 0.29) is 5.69 Å². The maximum atomic E-state index is 10.9. The summed E-state index contributed by atoms with van der Waals surface area (Å²) in [6.45, 7) is 0.742. The molecule has 19 heavy (non-hydrogen) atoms. The maximum Gasteiger partial charge on any atom is 0.311 e. The molecule has 1 aliphatic carbocycles. The van der Waals surface area contributed by atoms with Crippen LogP contribution in [0.5, 0.6) is 0 Å². The summed E-state index contributed by atoms with van der Waals surface area (Å²) in [6, 6.07) is 3.09.